The van der Waals surface area contributed by atoms with Crippen LogP contribution in [0.15, 0.2) is 42.7 Å². The van der Waals surface area contributed by atoms with Crippen LogP contribution in [0.25, 0.3) is 16.9 Å². The summed E-state index contributed by atoms with van der Waals surface area (Å²) in [4.78, 5) is 17.2. The molecule has 0 fully saturated rings. The summed E-state index contributed by atoms with van der Waals surface area (Å²) in [5.74, 6) is -0.0791. The average molecular weight is 444 g/mol. The molecule has 1 aromatic carbocycles. The number of anilines is 1. The zero-order valence-electron chi connectivity index (χ0n) is 17.4. The van der Waals surface area contributed by atoms with Gasteiger partial charge in [-0.05, 0) is 44.2 Å². The van der Waals surface area contributed by atoms with Crippen molar-refractivity contribution in [2.75, 3.05) is 12.4 Å². The average Bonchev–Trinajstić information content (AvgIpc) is 3.35. The first-order valence-electron chi connectivity index (χ1n) is 9.67. The van der Waals surface area contributed by atoms with Gasteiger partial charge in [-0.15, -0.1) is 0 Å². The van der Waals surface area contributed by atoms with Crippen molar-refractivity contribution in [2.24, 2.45) is 0 Å². The molecule has 0 bridgehead atoms. The summed E-state index contributed by atoms with van der Waals surface area (Å²) in [6.07, 6.45) is -2.15. The number of fused-ring (bicyclic) bond motifs is 1. The van der Waals surface area contributed by atoms with E-state index in [0.29, 0.717) is 28.1 Å². The molecule has 0 unspecified atom stereocenters. The van der Waals surface area contributed by atoms with Crippen LogP contribution >= 0.6 is 0 Å². The molecule has 0 aliphatic carbocycles. The third kappa shape index (κ3) is 3.77. The number of carbonyl (C=O) groups excluding carboxylic acids is 1. The maximum Gasteiger partial charge on any atom is 0.433 e. The number of benzene rings is 1. The first-order chi connectivity index (χ1) is 15.2. The smallest absolute Gasteiger partial charge is 0.433 e. The molecule has 166 valence electrons. The Hall–Kier alpha value is -3.89. The van der Waals surface area contributed by atoms with Gasteiger partial charge in [-0.3, -0.25) is 9.48 Å². The van der Waals surface area contributed by atoms with Crippen molar-refractivity contribution >= 4 is 17.2 Å². The quantitative estimate of drug-likeness (QED) is 0.499. The van der Waals surface area contributed by atoms with E-state index in [2.05, 4.69) is 20.5 Å². The fourth-order valence-electron chi connectivity index (χ4n) is 3.31. The summed E-state index contributed by atoms with van der Waals surface area (Å²) in [6.45, 7) is 4.30. The number of halogens is 3. The highest BCUT2D eigenvalue weighted by atomic mass is 19.4. The second-order valence-corrected chi connectivity index (χ2v) is 6.96. The molecule has 3 heterocycles. The predicted octanol–water partition coefficient (Wildman–Crippen LogP) is 4.20. The number of alkyl halides is 3. The molecule has 3 aromatic heterocycles. The molecule has 0 atom stereocenters. The monoisotopic (exact) mass is 444 g/mol. The molecule has 0 saturated carbocycles. The van der Waals surface area contributed by atoms with E-state index in [1.54, 1.807) is 35.9 Å². The highest BCUT2D eigenvalue weighted by Crippen LogP contribution is 2.33. The van der Waals surface area contributed by atoms with Crippen LogP contribution in [0.3, 0.4) is 0 Å². The number of nitrogens with one attached hydrogen (secondary N) is 1. The maximum absolute atomic E-state index is 13.8. The van der Waals surface area contributed by atoms with E-state index in [1.165, 1.54) is 13.3 Å². The number of aromatic nitrogens is 5. The predicted molar refractivity (Wildman–Crippen MR) is 111 cm³/mol. The molecule has 0 aliphatic heterocycles. The van der Waals surface area contributed by atoms with E-state index in [9.17, 15) is 18.0 Å². The van der Waals surface area contributed by atoms with E-state index >= 15 is 0 Å². The van der Waals surface area contributed by atoms with Gasteiger partial charge in [-0.2, -0.15) is 23.4 Å². The van der Waals surface area contributed by atoms with Crippen LogP contribution in [0.1, 0.15) is 28.7 Å². The van der Waals surface area contributed by atoms with Gasteiger partial charge >= 0.3 is 6.18 Å². The molecule has 11 heteroatoms. The van der Waals surface area contributed by atoms with Crippen LogP contribution < -0.4 is 10.1 Å². The number of methoxy groups -OCH3 is 1. The van der Waals surface area contributed by atoms with E-state index in [-0.39, 0.29) is 16.9 Å². The molecular formula is C21H19F3N6O2. The number of aryl methyl sites for hydroxylation is 1. The molecule has 8 nitrogen and oxygen atoms in total. The molecule has 1 N–H and O–H groups in total. The van der Waals surface area contributed by atoms with Crippen molar-refractivity contribution in [1.82, 2.24) is 24.4 Å². The second-order valence-electron chi connectivity index (χ2n) is 6.96. The van der Waals surface area contributed by atoms with Gasteiger partial charge in [0.25, 0.3) is 5.91 Å². The Bertz CT molecular complexity index is 1290. The summed E-state index contributed by atoms with van der Waals surface area (Å²) in [7, 11) is 1.49. The Morgan fingerprint density at radius 2 is 1.88 bits per heavy atom. The highest BCUT2D eigenvalue weighted by Gasteiger charge is 2.36. The zero-order chi connectivity index (χ0) is 23.0. The molecule has 0 saturated heterocycles. The van der Waals surface area contributed by atoms with Gasteiger partial charge in [-0.25, -0.2) is 9.50 Å². The fourth-order valence-corrected chi connectivity index (χ4v) is 3.31. The lowest BCUT2D eigenvalue weighted by atomic mass is 10.1. The van der Waals surface area contributed by atoms with Gasteiger partial charge in [0.1, 0.15) is 11.3 Å². The summed E-state index contributed by atoms with van der Waals surface area (Å²) < 4.78 is 48.7. The third-order valence-electron chi connectivity index (χ3n) is 5.04. The van der Waals surface area contributed by atoms with Gasteiger partial charge in [0.05, 0.1) is 36.6 Å². The number of carbonyl (C=O) groups is 1. The second kappa shape index (κ2) is 7.98. The van der Waals surface area contributed by atoms with E-state index < -0.39 is 17.8 Å². The van der Waals surface area contributed by atoms with Crippen LogP contribution in [0, 0.1) is 6.92 Å². The number of hydrogen-bond acceptors (Lipinski definition) is 5. The van der Waals surface area contributed by atoms with E-state index in [4.69, 9.17) is 4.74 Å². The molecule has 0 aliphatic rings. The first kappa shape index (κ1) is 21.3. The number of ether oxygens (including phenoxy) is 1. The lowest BCUT2D eigenvalue weighted by Crippen LogP contribution is -2.16. The van der Waals surface area contributed by atoms with Crippen molar-refractivity contribution in [3.05, 3.63) is 59.7 Å². The zero-order valence-corrected chi connectivity index (χ0v) is 17.4. The van der Waals surface area contributed by atoms with Crippen molar-refractivity contribution in [2.45, 2.75) is 26.6 Å². The van der Waals surface area contributed by atoms with Crippen LogP contribution in [0.5, 0.6) is 5.75 Å². The standard InChI is InChI=1S/C21H19F3N6O2/c1-4-29-12(2)17(11-25-29)28-20(31)15-10-26-30-18(21(22,23)24)9-16(27-19(15)30)13-5-7-14(32-3)8-6-13/h5-11H,4H2,1-3H3,(H,28,31). The van der Waals surface area contributed by atoms with Gasteiger partial charge in [0.2, 0.25) is 0 Å². The topological polar surface area (TPSA) is 86.3 Å². The minimum Gasteiger partial charge on any atom is -0.497 e. The van der Waals surface area contributed by atoms with Crippen molar-refractivity contribution < 1.29 is 22.7 Å². The summed E-state index contributed by atoms with van der Waals surface area (Å²) in [6, 6.07) is 7.32. The minimum atomic E-state index is -4.71. The lowest BCUT2D eigenvalue weighted by Gasteiger charge is -2.12. The Morgan fingerprint density at radius 3 is 2.47 bits per heavy atom. The number of amides is 1. The van der Waals surface area contributed by atoms with Crippen LogP contribution in [-0.2, 0) is 12.7 Å². The highest BCUT2D eigenvalue weighted by molar-refractivity contribution is 6.08. The van der Waals surface area contributed by atoms with Crippen LogP contribution in [-0.4, -0.2) is 37.4 Å². The Labute approximate surface area is 180 Å². The Balaban J connectivity index is 1.81. The summed E-state index contributed by atoms with van der Waals surface area (Å²) in [5.41, 5.74) is 0.336. The van der Waals surface area contributed by atoms with Gasteiger partial charge in [0.15, 0.2) is 11.3 Å². The fraction of sp³-hybridized carbons (Fsp3) is 0.238. The molecule has 0 radical (unpaired) electrons. The van der Waals surface area contributed by atoms with E-state index in [1.807, 2.05) is 6.92 Å². The van der Waals surface area contributed by atoms with E-state index in [0.717, 1.165) is 18.0 Å². The number of rotatable bonds is 5. The first-order valence-corrected chi connectivity index (χ1v) is 9.67. The van der Waals surface area contributed by atoms with Crippen LogP contribution in [0.2, 0.25) is 0 Å². The molecule has 4 rings (SSSR count). The minimum absolute atomic E-state index is 0.0528. The SMILES string of the molecule is CCn1ncc(NC(=O)c2cnn3c(C(F)(F)F)cc(-c4ccc(OC)cc4)nc23)c1C. The molecule has 32 heavy (non-hydrogen) atoms. The molecule has 1 amide bonds. The largest absolute Gasteiger partial charge is 0.497 e. The molecular weight excluding hydrogens is 425 g/mol. The Kier molecular flexibility index (Phi) is 5.33. The molecule has 4 aromatic rings. The number of hydrogen-bond donors (Lipinski definition) is 1. The van der Waals surface area contributed by atoms with Gasteiger partial charge in [0, 0.05) is 12.1 Å². The van der Waals surface area contributed by atoms with Crippen molar-refractivity contribution in [1.29, 1.82) is 0 Å². The summed E-state index contributed by atoms with van der Waals surface area (Å²) >= 11 is 0. The molecule has 0 spiro atoms. The van der Waals surface area contributed by atoms with Gasteiger partial charge in [-0.1, -0.05) is 0 Å². The third-order valence-corrected chi connectivity index (χ3v) is 5.04. The summed E-state index contributed by atoms with van der Waals surface area (Å²) in [5, 5.41) is 10.6. The van der Waals surface area contributed by atoms with Gasteiger partial charge < -0.3 is 10.1 Å². The maximum atomic E-state index is 13.8. The van der Waals surface area contributed by atoms with Crippen LogP contribution in [0.4, 0.5) is 18.9 Å². The van der Waals surface area contributed by atoms with Crippen molar-refractivity contribution in [3.63, 3.8) is 0 Å². The normalized spacial score (nSPS) is 11.7. The van der Waals surface area contributed by atoms with Crippen molar-refractivity contribution in [3.8, 4) is 17.0 Å². The Morgan fingerprint density at radius 1 is 1.16 bits per heavy atom. The number of nitrogens with zero attached hydrogens (tertiary/aromatic N) is 5. The lowest BCUT2D eigenvalue weighted by molar-refractivity contribution is -0.142.